The molecule has 0 bridgehead atoms. The van der Waals surface area contributed by atoms with E-state index in [0.717, 1.165) is 0 Å². The van der Waals surface area contributed by atoms with Crippen molar-refractivity contribution >= 4 is 11.8 Å². The first kappa shape index (κ1) is 17.2. The maximum Gasteiger partial charge on any atom is 0.274 e. The Hall–Kier alpha value is -3.23. The van der Waals surface area contributed by atoms with E-state index in [1.165, 1.54) is 0 Å². The molecule has 2 aromatic rings. The quantitative estimate of drug-likeness (QED) is 0.809. The second-order valence-electron chi connectivity index (χ2n) is 6.43. The molecule has 1 unspecified atom stereocenters. The van der Waals surface area contributed by atoms with Crippen molar-refractivity contribution in [3.63, 3.8) is 0 Å². The van der Waals surface area contributed by atoms with Gasteiger partial charge in [0, 0.05) is 26.2 Å². The molecule has 1 aromatic heterocycles. The molecule has 0 spiro atoms. The standard InChI is InChI=1S/C18H20N4O5/c1-19-17(23)11-4-5-22(8-11)18(24)14-6-12(20-21-14)9-25-13-2-3-15-16(7-13)27-10-26-15/h2-3,6-7,11H,4-5,8-10H2,1H3,(H,19,23)(H,20,21). The molecule has 0 radical (unpaired) electrons. The zero-order chi connectivity index (χ0) is 18.8. The monoisotopic (exact) mass is 372 g/mol. The zero-order valence-corrected chi connectivity index (χ0v) is 14.9. The van der Waals surface area contributed by atoms with Gasteiger partial charge in [-0.1, -0.05) is 0 Å². The van der Waals surface area contributed by atoms with E-state index >= 15 is 0 Å². The van der Waals surface area contributed by atoms with E-state index in [0.29, 0.717) is 48.1 Å². The highest BCUT2D eigenvalue weighted by molar-refractivity contribution is 5.93. The van der Waals surface area contributed by atoms with Crippen LogP contribution in [0.25, 0.3) is 0 Å². The molecule has 1 saturated heterocycles. The summed E-state index contributed by atoms with van der Waals surface area (Å²) in [6.07, 6.45) is 0.663. The number of H-pyrrole nitrogens is 1. The summed E-state index contributed by atoms with van der Waals surface area (Å²) in [5, 5.41) is 9.53. The number of aromatic nitrogens is 2. The third kappa shape index (κ3) is 3.53. The van der Waals surface area contributed by atoms with Crippen molar-refractivity contribution < 1.29 is 23.8 Å². The molecule has 9 nitrogen and oxygen atoms in total. The molecule has 3 heterocycles. The van der Waals surface area contributed by atoms with Gasteiger partial charge in [0.05, 0.1) is 11.6 Å². The van der Waals surface area contributed by atoms with E-state index in [1.807, 2.05) is 0 Å². The van der Waals surface area contributed by atoms with Gasteiger partial charge in [0.1, 0.15) is 12.4 Å². The van der Waals surface area contributed by atoms with Crippen LogP contribution >= 0.6 is 0 Å². The molecular formula is C18H20N4O5. The molecule has 9 heteroatoms. The zero-order valence-electron chi connectivity index (χ0n) is 14.9. The van der Waals surface area contributed by atoms with Crippen LogP contribution in [-0.4, -0.2) is 53.8 Å². The van der Waals surface area contributed by atoms with Crippen LogP contribution in [0.15, 0.2) is 24.3 Å². The Balaban J connectivity index is 1.34. The molecule has 1 aromatic carbocycles. The van der Waals surface area contributed by atoms with Crippen molar-refractivity contribution in [1.82, 2.24) is 20.4 Å². The van der Waals surface area contributed by atoms with Crippen molar-refractivity contribution in [2.24, 2.45) is 5.92 Å². The minimum Gasteiger partial charge on any atom is -0.487 e. The molecule has 2 N–H and O–H groups in total. The number of nitrogens with one attached hydrogen (secondary N) is 2. The summed E-state index contributed by atoms with van der Waals surface area (Å²) in [7, 11) is 1.60. The molecule has 0 aliphatic carbocycles. The highest BCUT2D eigenvalue weighted by atomic mass is 16.7. The van der Waals surface area contributed by atoms with Gasteiger partial charge in [0.25, 0.3) is 5.91 Å². The number of hydrogen-bond donors (Lipinski definition) is 2. The van der Waals surface area contributed by atoms with Gasteiger partial charge in [0.2, 0.25) is 12.7 Å². The topological polar surface area (TPSA) is 106 Å². The number of carbonyl (C=O) groups is 2. The number of ether oxygens (including phenoxy) is 3. The second kappa shape index (κ2) is 7.18. The van der Waals surface area contributed by atoms with Gasteiger partial charge in [0.15, 0.2) is 17.2 Å². The lowest BCUT2D eigenvalue weighted by molar-refractivity contribution is -0.124. The number of likely N-dealkylation sites (tertiary alicyclic amines) is 1. The van der Waals surface area contributed by atoms with Crippen molar-refractivity contribution in [3.8, 4) is 17.2 Å². The second-order valence-corrected chi connectivity index (χ2v) is 6.43. The summed E-state index contributed by atoms with van der Waals surface area (Å²) >= 11 is 0. The lowest BCUT2D eigenvalue weighted by atomic mass is 10.1. The first-order valence-corrected chi connectivity index (χ1v) is 8.71. The van der Waals surface area contributed by atoms with Gasteiger partial charge in [-0.15, -0.1) is 0 Å². The minimum atomic E-state index is -0.188. The lowest BCUT2D eigenvalue weighted by Crippen LogP contribution is -2.33. The number of benzene rings is 1. The van der Waals surface area contributed by atoms with Crippen molar-refractivity contribution in [1.29, 1.82) is 0 Å². The largest absolute Gasteiger partial charge is 0.487 e. The maximum absolute atomic E-state index is 12.6. The molecule has 0 saturated carbocycles. The fraction of sp³-hybridized carbons (Fsp3) is 0.389. The van der Waals surface area contributed by atoms with Gasteiger partial charge in [-0.25, -0.2) is 0 Å². The van der Waals surface area contributed by atoms with Crippen LogP contribution in [0, 0.1) is 5.92 Å². The van der Waals surface area contributed by atoms with Crippen LogP contribution in [0.4, 0.5) is 0 Å². The SMILES string of the molecule is CNC(=O)C1CCN(C(=O)c2cc(COc3ccc4c(c3)OCO4)[nH]n2)C1. The lowest BCUT2D eigenvalue weighted by Gasteiger charge is -2.14. The molecule has 2 aliphatic heterocycles. The van der Waals surface area contributed by atoms with E-state index in [9.17, 15) is 9.59 Å². The predicted molar refractivity (Wildman–Crippen MR) is 93.6 cm³/mol. The van der Waals surface area contributed by atoms with Crippen LogP contribution in [0.2, 0.25) is 0 Å². The highest BCUT2D eigenvalue weighted by Crippen LogP contribution is 2.35. The third-order valence-corrected chi connectivity index (χ3v) is 4.68. The smallest absolute Gasteiger partial charge is 0.274 e. The number of aromatic amines is 1. The summed E-state index contributed by atoms with van der Waals surface area (Å²) in [5.74, 6) is 1.59. The van der Waals surface area contributed by atoms with Crippen LogP contribution in [0.5, 0.6) is 17.2 Å². The number of rotatable bonds is 5. The number of fused-ring (bicyclic) bond motifs is 1. The number of carbonyl (C=O) groups excluding carboxylic acids is 2. The number of nitrogens with zero attached hydrogens (tertiary/aromatic N) is 2. The maximum atomic E-state index is 12.6. The van der Waals surface area contributed by atoms with Crippen LogP contribution < -0.4 is 19.5 Å². The van der Waals surface area contributed by atoms with Crippen molar-refractivity contribution in [2.75, 3.05) is 26.9 Å². The minimum absolute atomic E-state index is 0.0369. The van der Waals surface area contributed by atoms with E-state index in [1.54, 1.807) is 36.2 Å². The Morgan fingerprint density at radius 2 is 2.19 bits per heavy atom. The van der Waals surface area contributed by atoms with Crippen LogP contribution in [0.3, 0.4) is 0 Å². The highest BCUT2D eigenvalue weighted by Gasteiger charge is 2.31. The Bertz CT molecular complexity index is 865. The fourth-order valence-electron chi connectivity index (χ4n) is 3.20. The van der Waals surface area contributed by atoms with Crippen LogP contribution in [-0.2, 0) is 11.4 Å². The predicted octanol–water partition coefficient (Wildman–Crippen LogP) is 0.925. The number of hydrogen-bond acceptors (Lipinski definition) is 6. The molecule has 2 amide bonds. The van der Waals surface area contributed by atoms with E-state index in [2.05, 4.69) is 15.5 Å². The molecule has 1 fully saturated rings. The van der Waals surface area contributed by atoms with Gasteiger partial charge in [-0.3, -0.25) is 14.7 Å². The normalized spacial score (nSPS) is 17.8. The van der Waals surface area contributed by atoms with E-state index in [4.69, 9.17) is 14.2 Å². The summed E-state index contributed by atoms with van der Waals surface area (Å²) in [6.45, 7) is 1.41. The Morgan fingerprint density at radius 1 is 1.33 bits per heavy atom. The van der Waals surface area contributed by atoms with Crippen molar-refractivity contribution in [3.05, 3.63) is 35.7 Å². The molecule has 27 heavy (non-hydrogen) atoms. The first-order chi connectivity index (χ1) is 13.1. The van der Waals surface area contributed by atoms with E-state index < -0.39 is 0 Å². The molecule has 142 valence electrons. The number of amides is 2. The molecule has 1 atom stereocenters. The summed E-state index contributed by atoms with van der Waals surface area (Å²) in [6, 6.07) is 7.01. The van der Waals surface area contributed by atoms with E-state index in [-0.39, 0.29) is 31.1 Å². The average Bonchev–Trinajstić information content (AvgIpc) is 3.45. The average molecular weight is 372 g/mol. The van der Waals surface area contributed by atoms with Gasteiger partial charge in [-0.05, 0) is 24.6 Å². The van der Waals surface area contributed by atoms with Gasteiger partial charge < -0.3 is 24.4 Å². The van der Waals surface area contributed by atoms with Gasteiger partial charge in [-0.2, -0.15) is 5.10 Å². The van der Waals surface area contributed by atoms with Crippen LogP contribution in [0.1, 0.15) is 22.6 Å². The Labute approximate surface area is 155 Å². The molecular weight excluding hydrogens is 352 g/mol. The third-order valence-electron chi connectivity index (χ3n) is 4.68. The summed E-state index contributed by atoms with van der Waals surface area (Å²) < 4.78 is 16.3. The van der Waals surface area contributed by atoms with Crippen molar-refractivity contribution in [2.45, 2.75) is 13.0 Å². The van der Waals surface area contributed by atoms with Gasteiger partial charge >= 0.3 is 0 Å². The summed E-state index contributed by atoms with van der Waals surface area (Å²) in [5.41, 5.74) is 0.995. The fourth-order valence-corrected chi connectivity index (χ4v) is 3.20. The molecule has 4 rings (SSSR count). The Morgan fingerprint density at radius 3 is 3.04 bits per heavy atom. The molecule has 2 aliphatic rings. The summed E-state index contributed by atoms with van der Waals surface area (Å²) in [4.78, 5) is 25.9. The first-order valence-electron chi connectivity index (χ1n) is 8.71. The Kier molecular flexibility index (Phi) is 4.57.